The van der Waals surface area contributed by atoms with Gasteiger partial charge in [-0.05, 0) is 6.92 Å². The summed E-state index contributed by atoms with van der Waals surface area (Å²) in [5.41, 5.74) is 1.67. The third kappa shape index (κ3) is 2.48. The standard InChI is InChI=1S/C11H16FNO3/c1-7-11(16-3)10(9(14)4-12)8(5-13-7)6-15-2/h5,9,14H,4,6H2,1-3H3. The van der Waals surface area contributed by atoms with Gasteiger partial charge in [-0.15, -0.1) is 0 Å². The minimum atomic E-state index is -1.21. The highest BCUT2D eigenvalue weighted by Gasteiger charge is 2.20. The lowest BCUT2D eigenvalue weighted by Gasteiger charge is -2.17. The number of methoxy groups -OCH3 is 2. The number of pyridine rings is 1. The molecular weight excluding hydrogens is 213 g/mol. The Hall–Kier alpha value is -1.20. The number of aromatic nitrogens is 1. The number of halogens is 1. The van der Waals surface area contributed by atoms with E-state index in [1.54, 1.807) is 13.1 Å². The molecule has 0 spiro atoms. The maximum absolute atomic E-state index is 12.6. The fraction of sp³-hybridized carbons (Fsp3) is 0.545. The third-order valence-corrected chi connectivity index (χ3v) is 2.32. The van der Waals surface area contributed by atoms with Crippen LogP contribution in [-0.2, 0) is 11.3 Å². The van der Waals surface area contributed by atoms with Gasteiger partial charge in [0.25, 0.3) is 0 Å². The molecule has 16 heavy (non-hydrogen) atoms. The van der Waals surface area contributed by atoms with Gasteiger partial charge in [0.15, 0.2) is 0 Å². The average Bonchev–Trinajstić information content (AvgIpc) is 2.30. The van der Waals surface area contributed by atoms with Crippen LogP contribution in [0, 0.1) is 6.92 Å². The van der Waals surface area contributed by atoms with Gasteiger partial charge in [-0.3, -0.25) is 4.98 Å². The van der Waals surface area contributed by atoms with Crippen molar-refractivity contribution in [2.45, 2.75) is 19.6 Å². The Labute approximate surface area is 94.0 Å². The van der Waals surface area contributed by atoms with Gasteiger partial charge in [0.1, 0.15) is 18.5 Å². The molecule has 0 aliphatic heterocycles. The minimum absolute atomic E-state index is 0.260. The predicted octanol–water partition coefficient (Wildman–Crippen LogP) is 1.55. The largest absolute Gasteiger partial charge is 0.494 e. The summed E-state index contributed by atoms with van der Waals surface area (Å²) in [7, 11) is 2.99. The molecule has 0 amide bonds. The predicted molar refractivity (Wildman–Crippen MR) is 57.2 cm³/mol. The highest BCUT2D eigenvalue weighted by molar-refractivity contribution is 5.43. The van der Waals surface area contributed by atoms with Crippen LogP contribution in [0.2, 0.25) is 0 Å². The Kier molecular flexibility index (Phi) is 4.64. The molecular formula is C11H16FNO3. The molecule has 0 aliphatic carbocycles. The lowest BCUT2D eigenvalue weighted by molar-refractivity contribution is 0.131. The molecule has 1 unspecified atom stereocenters. The maximum atomic E-state index is 12.6. The van der Waals surface area contributed by atoms with Crippen LogP contribution in [0.15, 0.2) is 6.20 Å². The topological polar surface area (TPSA) is 51.6 Å². The van der Waals surface area contributed by atoms with Crippen LogP contribution in [0.25, 0.3) is 0 Å². The van der Waals surface area contributed by atoms with Gasteiger partial charge in [-0.25, -0.2) is 4.39 Å². The van der Waals surface area contributed by atoms with Gasteiger partial charge in [-0.2, -0.15) is 0 Å². The Morgan fingerprint density at radius 1 is 1.50 bits per heavy atom. The van der Waals surface area contributed by atoms with E-state index in [2.05, 4.69) is 4.98 Å². The molecule has 0 saturated heterocycles. The number of ether oxygens (including phenoxy) is 2. The zero-order valence-corrected chi connectivity index (χ0v) is 9.66. The van der Waals surface area contributed by atoms with Crippen molar-refractivity contribution in [1.29, 1.82) is 0 Å². The normalized spacial score (nSPS) is 12.6. The number of hydrogen-bond acceptors (Lipinski definition) is 4. The fourth-order valence-electron chi connectivity index (χ4n) is 1.61. The Bertz CT molecular complexity index is 357. The zero-order valence-electron chi connectivity index (χ0n) is 9.66. The van der Waals surface area contributed by atoms with Gasteiger partial charge in [0, 0.05) is 24.4 Å². The van der Waals surface area contributed by atoms with E-state index in [0.29, 0.717) is 22.6 Å². The SMILES string of the molecule is COCc1cnc(C)c(OC)c1C(O)CF. The lowest BCUT2D eigenvalue weighted by Crippen LogP contribution is -2.09. The molecule has 90 valence electrons. The summed E-state index contributed by atoms with van der Waals surface area (Å²) < 4.78 is 22.7. The summed E-state index contributed by atoms with van der Waals surface area (Å²) in [5, 5.41) is 9.63. The van der Waals surface area contributed by atoms with E-state index in [-0.39, 0.29) is 6.61 Å². The minimum Gasteiger partial charge on any atom is -0.494 e. The van der Waals surface area contributed by atoms with Crippen LogP contribution in [0.1, 0.15) is 22.9 Å². The quantitative estimate of drug-likeness (QED) is 0.832. The van der Waals surface area contributed by atoms with Crippen molar-refractivity contribution in [1.82, 2.24) is 4.98 Å². The summed E-state index contributed by atoms with van der Waals surface area (Å²) in [6.07, 6.45) is 0.358. The second kappa shape index (κ2) is 5.77. The number of nitrogens with zero attached hydrogens (tertiary/aromatic N) is 1. The van der Waals surface area contributed by atoms with E-state index in [9.17, 15) is 9.50 Å². The molecule has 1 rings (SSSR count). The van der Waals surface area contributed by atoms with Gasteiger partial charge in [0.05, 0.1) is 19.4 Å². The summed E-state index contributed by atoms with van der Waals surface area (Å²) in [5.74, 6) is 0.416. The molecule has 5 heteroatoms. The monoisotopic (exact) mass is 229 g/mol. The third-order valence-electron chi connectivity index (χ3n) is 2.32. The van der Waals surface area contributed by atoms with Gasteiger partial charge < -0.3 is 14.6 Å². The highest BCUT2D eigenvalue weighted by Crippen LogP contribution is 2.31. The zero-order chi connectivity index (χ0) is 12.1. The smallest absolute Gasteiger partial charge is 0.146 e. The van der Waals surface area contributed by atoms with Gasteiger partial charge in [0.2, 0.25) is 0 Å². The highest BCUT2D eigenvalue weighted by atomic mass is 19.1. The van der Waals surface area contributed by atoms with E-state index in [0.717, 1.165) is 0 Å². The molecule has 1 heterocycles. The lowest BCUT2D eigenvalue weighted by atomic mass is 10.0. The summed E-state index contributed by atoms with van der Waals surface area (Å²) >= 11 is 0. The van der Waals surface area contributed by atoms with Crippen LogP contribution >= 0.6 is 0 Å². The number of rotatable bonds is 5. The summed E-state index contributed by atoms with van der Waals surface area (Å²) in [6, 6.07) is 0. The van der Waals surface area contributed by atoms with Crippen molar-refractivity contribution in [3.8, 4) is 5.75 Å². The van der Waals surface area contributed by atoms with E-state index in [1.807, 2.05) is 0 Å². The summed E-state index contributed by atoms with van der Waals surface area (Å²) in [6.45, 7) is 1.14. The van der Waals surface area contributed by atoms with Crippen molar-refractivity contribution in [2.75, 3.05) is 20.9 Å². The van der Waals surface area contributed by atoms with Crippen LogP contribution in [0.3, 0.4) is 0 Å². The molecule has 1 aromatic heterocycles. The molecule has 0 saturated carbocycles. The number of alkyl halides is 1. The molecule has 1 N–H and O–H groups in total. The van der Waals surface area contributed by atoms with Gasteiger partial charge >= 0.3 is 0 Å². The van der Waals surface area contributed by atoms with Crippen molar-refractivity contribution in [2.24, 2.45) is 0 Å². The molecule has 4 nitrogen and oxygen atoms in total. The van der Waals surface area contributed by atoms with E-state index in [1.165, 1.54) is 14.2 Å². The first-order chi connectivity index (χ1) is 7.65. The molecule has 0 radical (unpaired) electrons. The second-order valence-electron chi connectivity index (χ2n) is 3.42. The van der Waals surface area contributed by atoms with Crippen molar-refractivity contribution in [3.63, 3.8) is 0 Å². The molecule has 0 fully saturated rings. The van der Waals surface area contributed by atoms with E-state index >= 15 is 0 Å². The molecule has 1 aromatic rings. The molecule has 0 bridgehead atoms. The second-order valence-corrected chi connectivity index (χ2v) is 3.42. The van der Waals surface area contributed by atoms with Crippen LogP contribution < -0.4 is 4.74 Å². The van der Waals surface area contributed by atoms with Crippen molar-refractivity contribution in [3.05, 3.63) is 23.0 Å². The average molecular weight is 229 g/mol. The molecule has 0 aromatic carbocycles. The van der Waals surface area contributed by atoms with Crippen molar-refractivity contribution >= 4 is 0 Å². The maximum Gasteiger partial charge on any atom is 0.146 e. The number of aryl methyl sites for hydroxylation is 1. The first kappa shape index (κ1) is 12.9. The number of aliphatic hydroxyl groups is 1. The Balaban J connectivity index is 3.28. The first-order valence-electron chi connectivity index (χ1n) is 4.91. The van der Waals surface area contributed by atoms with E-state index in [4.69, 9.17) is 9.47 Å². The Morgan fingerprint density at radius 2 is 2.19 bits per heavy atom. The fourth-order valence-corrected chi connectivity index (χ4v) is 1.61. The van der Waals surface area contributed by atoms with Crippen LogP contribution in [0.4, 0.5) is 4.39 Å². The Morgan fingerprint density at radius 3 is 2.69 bits per heavy atom. The summed E-state index contributed by atoms with van der Waals surface area (Å²) in [4.78, 5) is 4.11. The van der Waals surface area contributed by atoms with Crippen LogP contribution in [-0.4, -0.2) is 31.0 Å². The van der Waals surface area contributed by atoms with Crippen molar-refractivity contribution < 1.29 is 19.0 Å². The molecule has 1 atom stereocenters. The first-order valence-corrected chi connectivity index (χ1v) is 4.91. The number of hydrogen-bond donors (Lipinski definition) is 1. The van der Waals surface area contributed by atoms with Gasteiger partial charge in [-0.1, -0.05) is 0 Å². The number of aliphatic hydroxyl groups excluding tert-OH is 1. The molecule has 0 aliphatic rings. The van der Waals surface area contributed by atoms with E-state index < -0.39 is 12.8 Å². The van der Waals surface area contributed by atoms with Crippen LogP contribution in [0.5, 0.6) is 5.75 Å².